The second kappa shape index (κ2) is 4.82. The van der Waals surface area contributed by atoms with Gasteiger partial charge in [-0.25, -0.2) is 0 Å². The van der Waals surface area contributed by atoms with Crippen LogP contribution in [-0.4, -0.2) is 38.5 Å². The highest BCUT2D eigenvalue weighted by Crippen LogP contribution is 2.26. The molecule has 0 amide bonds. The molecule has 0 atom stereocenters. The number of Topliss-reactive ketones (excluding diaryl/α,β-unsaturated/α-hetero) is 1. The SMILES string of the molecule is COc1ccc2[nH]c(C)c(C(=O)C[NH+](C)C)c2c1. The average molecular weight is 247 g/mol. The van der Waals surface area contributed by atoms with Crippen molar-refractivity contribution < 1.29 is 14.4 Å². The molecule has 0 bridgehead atoms. The van der Waals surface area contributed by atoms with E-state index < -0.39 is 0 Å². The molecular weight excluding hydrogens is 228 g/mol. The van der Waals surface area contributed by atoms with Crippen LogP contribution in [0.2, 0.25) is 0 Å². The Morgan fingerprint density at radius 1 is 1.39 bits per heavy atom. The van der Waals surface area contributed by atoms with Crippen LogP contribution in [0.4, 0.5) is 0 Å². The van der Waals surface area contributed by atoms with Gasteiger partial charge in [0.15, 0.2) is 0 Å². The number of nitrogens with one attached hydrogen (secondary N) is 2. The number of carbonyl (C=O) groups excluding carboxylic acids is 1. The van der Waals surface area contributed by atoms with Gasteiger partial charge in [0.25, 0.3) is 0 Å². The van der Waals surface area contributed by atoms with Gasteiger partial charge in [-0.1, -0.05) is 0 Å². The molecule has 18 heavy (non-hydrogen) atoms. The maximum Gasteiger partial charge on any atom is 0.219 e. The molecule has 0 spiro atoms. The molecule has 4 nitrogen and oxygen atoms in total. The summed E-state index contributed by atoms with van der Waals surface area (Å²) < 4.78 is 5.22. The van der Waals surface area contributed by atoms with E-state index >= 15 is 0 Å². The zero-order chi connectivity index (χ0) is 13.3. The van der Waals surface area contributed by atoms with Gasteiger partial charge in [-0.05, 0) is 25.1 Å². The van der Waals surface area contributed by atoms with Crippen LogP contribution in [-0.2, 0) is 0 Å². The quantitative estimate of drug-likeness (QED) is 0.786. The van der Waals surface area contributed by atoms with Gasteiger partial charge >= 0.3 is 0 Å². The maximum atomic E-state index is 12.3. The smallest absolute Gasteiger partial charge is 0.219 e. The molecule has 2 rings (SSSR count). The van der Waals surface area contributed by atoms with Crippen molar-refractivity contribution in [3.63, 3.8) is 0 Å². The number of aryl methyl sites for hydroxylation is 1. The van der Waals surface area contributed by atoms with Crippen LogP contribution in [0.5, 0.6) is 5.75 Å². The molecule has 0 unspecified atom stereocenters. The fourth-order valence-electron chi connectivity index (χ4n) is 2.20. The summed E-state index contributed by atoms with van der Waals surface area (Å²) in [7, 11) is 5.58. The van der Waals surface area contributed by atoms with E-state index in [9.17, 15) is 4.79 Å². The fourth-order valence-corrected chi connectivity index (χ4v) is 2.20. The van der Waals surface area contributed by atoms with Gasteiger partial charge in [-0.2, -0.15) is 0 Å². The zero-order valence-electron chi connectivity index (χ0n) is 11.3. The molecule has 1 heterocycles. The number of hydrogen-bond acceptors (Lipinski definition) is 2. The van der Waals surface area contributed by atoms with Gasteiger partial charge in [0.05, 0.1) is 26.8 Å². The average Bonchev–Trinajstić information content (AvgIpc) is 2.62. The van der Waals surface area contributed by atoms with E-state index in [4.69, 9.17) is 4.74 Å². The van der Waals surface area contributed by atoms with Crippen LogP contribution in [0.3, 0.4) is 0 Å². The summed E-state index contributed by atoms with van der Waals surface area (Å²) >= 11 is 0. The van der Waals surface area contributed by atoms with Crippen molar-refractivity contribution in [1.82, 2.24) is 4.98 Å². The van der Waals surface area contributed by atoms with Gasteiger partial charge in [0.2, 0.25) is 5.78 Å². The predicted octanol–water partition coefficient (Wildman–Crippen LogP) is 0.812. The molecule has 0 aliphatic carbocycles. The molecule has 96 valence electrons. The third kappa shape index (κ3) is 2.24. The highest BCUT2D eigenvalue weighted by atomic mass is 16.5. The molecular formula is C14H19N2O2+. The van der Waals surface area contributed by atoms with Crippen molar-refractivity contribution >= 4 is 16.7 Å². The molecule has 0 saturated carbocycles. The van der Waals surface area contributed by atoms with E-state index in [0.29, 0.717) is 6.54 Å². The number of rotatable bonds is 4. The molecule has 1 aromatic carbocycles. The maximum absolute atomic E-state index is 12.3. The Bertz CT molecular complexity index is 585. The standard InChI is InChI=1S/C14H18N2O2/c1-9-14(13(17)8-16(2)3)11-7-10(18-4)5-6-12(11)15-9/h5-7,15H,8H2,1-4H3/p+1. The largest absolute Gasteiger partial charge is 0.497 e. The lowest BCUT2D eigenvalue weighted by molar-refractivity contribution is -0.848. The van der Waals surface area contributed by atoms with Gasteiger partial charge < -0.3 is 14.6 Å². The Balaban J connectivity index is 2.54. The molecule has 2 N–H and O–H groups in total. The molecule has 4 heteroatoms. The molecule has 0 radical (unpaired) electrons. The minimum Gasteiger partial charge on any atom is -0.497 e. The lowest BCUT2D eigenvalue weighted by Gasteiger charge is -2.06. The van der Waals surface area contributed by atoms with Gasteiger partial charge in [0.1, 0.15) is 12.3 Å². The predicted molar refractivity (Wildman–Crippen MR) is 71.6 cm³/mol. The number of ketones is 1. The van der Waals surface area contributed by atoms with E-state index in [0.717, 1.165) is 32.8 Å². The topological polar surface area (TPSA) is 46.5 Å². The Morgan fingerprint density at radius 3 is 2.72 bits per heavy atom. The third-order valence-corrected chi connectivity index (χ3v) is 2.99. The highest BCUT2D eigenvalue weighted by Gasteiger charge is 2.18. The van der Waals surface area contributed by atoms with Gasteiger partial charge in [-0.3, -0.25) is 4.79 Å². The Kier molecular flexibility index (Phi) is 3.39. The number of ether oxygens (including phenoxy) is 1. The first kappa shape index (κ1) is 12.6. The summed E-state index contributed by atoms with van der Waals surface area (Å²) in [5.41, 5.74) is 2.68. The first-order chi connectivity index (χ1) is 8.52. The van der Waals surface area contributed by atoms with Crippen molar-refractivity contribution in [2.45, 2.75) is 6.92 Å². The molecule has 1 aromatic heterocycles. The molecule has 0 aliphatic rings. The number of methoxy groups -OCH3 is 1. The number of benzene rings is 1. The summed E-state index contributed by atoms with van der Waals surface area (Å²) in [4.78, 5) is 16.6. The van der Waals surface area contributed by atoms with Gasteiger partial charge in [0, 0.05) is 16.6 Å². The monoisotopic (exact) mass is 247 g/mol. The Labute approximate surface area is 107 Å². The Hall–Kier alpha value is -1.81. The summed E-state index contributed by atoms with van der Waals surface area (Å²) in [5.74, 6) is 0.930. The summed E-state index contributed by atoms with van der Waals surface area (Å²) in [6.45, 7) is 2.43. The summed E-state index contributed by atoms with van der Waals surface area (Å²) in [6.07, 6.45) is 0. The fraction of sp³-hybridized carbons (Fsp3) is 0.357. The van der Waals surface area contributed by atoms with E-state index in [1.54, 1.807) is 7.11 Å². The third-order valence-electron chi connectivity index (χ3n) is 2.99. The van der Waals surface area contributed by atoms with E-state index in [-0.39, 0.29) is 5.78 Å². The normalized spacial score (nSPS) is 11.2. The lowest BCUT2D eigenvalue weighted by Crippen LogP contribution is -3.06. The number of carbonyl (C=O) groups is 1. The zero-order valence-corrected chi connectivity index (χ0v) is 11.3. The molecule has 0 fully saturated rings. The van der Waals surface area contributed by atoms with E-state index in [1.165, 1.54) is 0 Å². The number of hydrogen-bond donors (Lipinski definition) is 2. The number of quaternary nitrogens is 1. The summed E-state index contributed by atoms with van der Waals surface area (Å²) in [6, 6.07) is 5.75. The van der Waals surface area contributed by atoms with Crippen molar-refractivity contribution in [2.24, 2.45) is 0 Å². The highest BCUT2D eigenvalue weighted by molar-refractivity contribution is 6.10. The van der Waals surface area contributed by atoms with Crippen molar-refractivity contribution in [3.8, 4) is 5.75 Å². The van der Waals surface area contributed by atoms with Crippen LogP contribution >= 0.6 is 0 Å². The van der Waals surface area contributed by atoms with Crippen molar-refractivity contribution in [2.75, 3.05) is 27.7 Å². The van der Waals surface area contributed by atoms with E-state index in [1.807, 2.05) is 39.2 Å². The first-order valence-electron chi connectivity index (χ1n) is 6.01. The second-order valence-corrected chi connectivity index (χ2v) is 4.84. The van der Waals surface area contributed by atoms with Crippen LogP contribution in [0.25, 0.3) is 10.9 Å². The van der Waals surface area contributed by atoms with Gasteiger partial charge in [-0.15, -0.1) is 0 Å². The van der Waals surface area contributed by atoms with Crippen molar-refractivity contribution in [1.29, 1.82) is 0 Å². The number of fused-ring (bicyclic) bond motifs is 1. The number of aromatic amines is 1. The minimum absolute atomic E-state index is 0.159. The lowest BCUT2D eigenvalue weighted by atomic mass is 10.1. The van der Waals surface area contributed by atoms with Crippen LogP contribution < -0.4 is 9.64 Å². The number of likely N-dealkylation sites (N-methyl/N-ethyl adjacent to an activating group) is 1. The first-order valence-corrected chi connectivity index (χ1v) is 6.01. The Morgan fingerprint density at radius 2 is 2.11 bits per heavy atom. The number of H-pyrrole nitrogens is 1. The van der Waals surface area contributed by atoms with Crippen LogP contribution in [0, 0.1) is 6.92 Å². The number of aromatic nitrogens is 1. The van der Waals surface area contributed by atoms with Crippen LogP contribution in [0.15, 0.2) is 18.2 Å². The summed E-state index contributed by atoms with van der Waals surface area (Å²) in [5, 5.41) is 0.943. The van der Waals surface area contributed by atoms with E-state index in [2.05, 4.69) is 4.98 Å². The van der Waals surface area contributed by atoms with Crippen LogP contribution in [0.1, 0.15) is 16.1 Å². The molecule has 0 saturated heterocycles. The molecule has 2 aromatic rings. The molecule has 0 aliphatic heterocycles. The second-order valence-electron chi connectivity index (χ2n) is 4.84. The minimum atomic E-state index is 0.159. The van der Waals surface area contributed by atoms with Crippen molar-refractivity contribution in [3.05, 3.63) is 29.5 Å².